The van der Waals surface area contributed by atoms with Gasteiger partial charge in [0.2, 0.25) is 0 Å². The summed E-state index contributed by atoms with van der Waals surface area (Å²) in [5, 5.41) is 0. The minimum Gasteiger partial charge on any atom is -0.356 e. The number of hydrogen-bond donors (Lipinski definition) is 0. The van der Waals surface area contributed by atoms with Gasteiger partial charge in [-0.25, -0.2) is 0 Å². The van der Waals surface area contributed by atoms with Crippen molar-refractivity contribution in [3.05, 3.63) is 12.4 Å². The molecule has 0 aromatic heterocycles. The third kappa shape index (κ3) is 12.6. The predicted molar refractivity (Wildman–Crippen MR) is 131 cm³/mol. The molecule has 1 aliphatic rings. The minimum absolute atomic E-state index is 0.610. The Morgan fingerprint density at radius 3 is 1.48 bits per heavy atom. The Bertz CT molecular complexity index is 377. The fourth-order valence-corrected chi connectivity index (χ4v) is 4.64. The van der Waals surface area contributed by atoms with Crippen LogP contribution in [0.3, 0.4) is 0 Å². The maximum atomic E-state index is 2.61. The van der Waals surface area contributed by atoms with Crippen molar-refractivity contribution in [3.8, 4) is 0 Å². The molecule has 29 heavy (non-hydrogen) atoms. The molecule has 0 aromatic carbocycles. The smallest absolute Gasteiger partial charge is 0.101 e. The molecule has 1 unspecified atom stereocenters. The van der Waals surface area contributed by atoms with Crippen LogP contribution in [0.15, 0.2) is 12.4 Å². The molecule has 1 rings (SSSR count). The van der Waals surface area contributed by atoms with E-state index in [2.05, 4.69) is 49.9 Å². The molecule has 2 nitrogen and oxygen atoms in total. The second kappa shape index (κ2) is 18.1. The predicted octanol–water partition coefficient (Wildman–Crippen LogP) is 8.87. The first kappa shape index (κ1) is 26.4. The topological polar surface area (TPSA) is 6.48 Å². The lowest BCUT2D eigenvalue weighted by atomic mass is 10.0. The first-order valence-corrected chi connectivity index (χ1v) is 13.4. The summed E-state index contributed by atoms with van der Waals surface area (Å²) in [6.45, 7) is 10.5. The van der Waals surface area contributed by atoms with E-state index in [1.807, 2.05) is 0 Å². The number of nitrogens with zero attached hydrogens (tertiary/aromatic N) is 2. The van der Waals surface area contributed by atoms with Crippen LogP contribution in [0.1, 0.15) is 143 Å². The highest BCUT2D eigenvalue weighted by molar-refractivity contribution is 4.98. The van der Waals surface area contributed by atoms with E-state index < -0.39 is 0 Å². The molecule has 0 fully saturated rings. The van der Waals surface area contributed by atoms with Crippen LogP contribution in [-0.2, 0) is 0 Å². The summed E-state index contributed by atoms with van der Waals surface area (Å²) in [6.07, 6.45) is 30.9. The van der Waals surface area contributed by atoms with Crippen LogP contribution in [0.2, 0.25) is 0 Å². The van der Waals surface area contributed by atoms with Crippen LogP contribution in [0.25, 0.3) is 0 Å². The number of hydrogen-bond acceptors (Lipinski definition) is 2. The second-order valence-corrected chi connectivity index (χ2v) is 9.65. The summed E-state index contributed by atoms with van der Waals surface area (Å²) in [4.78, 5) is 5.17. The highest BCUT2D eigenvalue weighted by atomic mass is 15.4. The normalized spacial score (nSPS) is 16.5. The van der Waals surface area contributed by atoms with Gasteiger partial charge in [0.15, 0.2) is 0 Å². The van der Waals surface area contributed by atoms with Crippen molar-refractivity contribution in [3.63, 3.8) is 0 Å². The molecule has 1 heterocycles. The van der Waals surface area contributed by atoms with Crippen LogP contribution in [0, 0.1) is 0 Å². The van der Waals surface area contributed by atoms with Crippen LogP contribution in [-0.4, -0.2) is 28.6 Å². The summed E-state index contributed by atoms with van der Waals surface area (Å²) < 4.78 is 0. The molecular formula is C27H54N2. The van der Waals surface area contributed by atoms with Gasteiger partial charge in [0.25, 0.3) is 0 Å². The molecule has 1 atom stereocenters. The van der Waals surface area contributed by atoms with Crippen molar-refractivity contribution in [1.82, 2.24) is 9.80 Å². The van der Waals surface area contributed by atoms with Crippen molar-refractivity contribution in [2.75, 3.05) is 6.54 Å². The summed E-state index contributed by atoms with van der Waals surface area (Å²) in [7, 11) is 0. The first-order valence-electron chi connectivity index (χ1n) is 13.4. The van der Waals surface area contributed by atoms with Gasteiger partial charge in [-0.1, -0.05) is 110 Å². The van der Waals surface area contributed by atoms with Crippen molar-refractivity contribution in [1.29, 1.82) is 0 Å². The molecule has 172 valence electrons. The largest absolute Gasteiger partial charge is 0.356 e. The fraction of sp³-hybridized carbons (Fsp3) is 0.926. The van der Waals surface area contributed by atoms with E-state index >= 15 is 0 Å². The van der Waals surface area contributed by atoms with E-state index in [1.165, 1.54) is 122 Å². The second-order valence-electron chi connectivity index (χ2n) is 9.65. The van der Waals surface area contributed by atoms with E-state index in [-0.39, 0.29) is 0 Å². The van der Waals surface area contributed by atoms with Crippen LogP contribution >= 0.6 is 0 Å². The van der Waals surface area contributed by atoms with Gasteiger partial charge in [-0.3, -0.25) is 0 Å². The van der Waals surface area contributed by atoms with Gasteiger partial charge in [-0.15, -0.1) is 0 Å². The molecule has 0 radical (unpaired) electrons. The highest BCUT2D eigenvalue weighted by Crippen LogP contribution is 2.24. The van der Waals surface area contributed by atoms with Gasteiger partial charge >= 0.3 is 0 Å². The van der Waals surface area contributed by atoms with E-state index in [0.717, 1.165) is 0 Å². The fourth-order valence-electron chi connectivity index (χ4n) is 4.64. The van der Waals surface area contributed by atoms with Crippen molar-refractivity contribution in [2.24, 2.45) is 0 Å². The van der Waals surface area contributed by atoms with Gasteiger partial charge in [-0.2, -0.15) is 0 Å². The van der Waals surface area contributed by atoms with Gasteiger partial charge in [0.1, 0.15) is 6.17 Å². The lowest BCUT2D eigenvalue weighted by molar-refractivity contribution is 0.114. The molecule has 0 aliphatic carbocycles. The average molecular weight is 407 g/mol. The first-order chi connectivity index (χ1) is 14.2. The Balaban J connectivity index is 1.93. The highest BCUT2D eigenvalue weighted by Gasteiger charge is 2.26. The maximum Gasteiger partial charge on any atom is 0.101 e. The maximum absolute atomic E-state index is 2.61. The van der Waals surface area contributed by atoms with Gasteiger partial charge in [0, 0.05) is 25.0 Å². The third-order valence-corrected chi connectivity index (χ3v) is 6.59. The lowest BCUT2D eigenvalue weighted by Crippen LogP contribution is -2.42. The molecule has 0 saturated carbocycles. The monoisotopic (exact) mass is 406 g/mol. The molecule has 0 N–H and O–H groups in total. The summed E-state index contributed by atoms with van der Waals surface area (Å²) in [6, 6.07) is 0.610. The minimum atomic E-state index is 0.610. The molecule has 0 amide bonds. The quantitative estimate of drug-likeness (QED) is 0.186. The summed E-state index contributed by atoms with van der Waals surface area (Å²) >= 11 is 0. The van der Waals surface area contributed by atoms with Crippen molar-refractivity contribution < 1.29 is 0 Å². The Kier molecular flexibility index (Phi) is 16.5. The van der Waals surface area contributed by atoms with Crippen molar-refractivity contribution in [2.45, 2.75) is 155 Å². The molecule has 0 aromatic rings. The Hall–Kier alpha value is -0.660. The Morgan fingerprint density at radius 1 is 0.586 bits per heavy atom. The number of rotatable bonds is 20. The zero-order valence-corrected chi connectivity index (χ0v) is 20.6. The Morgan fingerprint density at radius 2 is 1.03 bits per heavy atom. The van der Waals surface area contributed by atoms with E-state index in [4.69, 9.17) is 0 Å². The molecule has 0 spiro atoms. The molecule has 1 aliphatic heterocycles. The van der Waals surface area contributed by atoms with Gasteiger partial charge in [-0.05, 0) is 33.1 Å². The molecular weight excluding hydrogens is 352 g/mol. The lowest BCUT2D eigenvalue weighted by Gasteiger charge is -2.35. The van der Waals surface area contributed by atoms with E-state index in [0.29, 0.717) is 12.2 Å². The summed E-state index contributed by atoms with van der Waals surface area (Å²) in [5.74, 6) is 0. The molecule has 0 bridgehead atoms. The van der Waals surface area contributed by atoms with Crippen LogP contribution in [0.5, 0.6) is 0 Å². The zero-order chi connectivity index (χ0) is 21.2. The third-order valence-electron chi connectivity index (χ3n) is 6.59. The van der Waals surface area contributed by atoms with E-state index in [9.17, 15) is 0 Å². The van der Waals surface area contributed by atoms with Crippen molar-refractivity contribution >= 4 is 0 Å². The average Bonchev–Trinajstić information content (AvgIpc) is 3.12. The van der Waals surface area contributed by atoms with Gasteiger partial charge in [0.05, 0.1) is 0 Å². The summed E-state index contributed by atoms with van der Waals surface area (Å²) in [5.41, 5.74) is 0. The number of unbranched alkanes of at least 4 members (excludes halogenated alkanes) is 15. The SMILES string of the molecule is CCCCCCCCCCCCCCCCCN1C=CN(C(C)C)C1CCCC. The Labute approximate surface area is 184 Å². The van der Waals surface area contributed by atoms with E-state index in [1.54, 1.807) is 0 Å². The zero-order valence-electron chi connectivity index (χ0n) is 20.6. The molecule has 2 heteroatoms. The van der Waals surface area contributed by atoms with Crippen LogP contribution < -0.4 is 0 Å². The van der Waals surface area contributed by atoms with Gasteiger partial charge < -0.3 is 9.80 Å². The standard InChI is InChI=1S/C27H54N2/c1-5-7-9-10-11-12-13-14-15-16-17-18-19-20-21-23-28-24-25-29(26(3)4)27(28)22-8-6-2/h24-27H,5-23H2,1-4H3. The molecule has 0 saturated heterocycles. The van der Waals surface area contributed by atoms with Crippen LogP contribution in [0.4, 0.5) is 0 Å².